The SMILES string of the molecule is Cc1nc(-c2cccnc2)c2sccc2n1. The van der Waals surface area contributed by atoms with E-state index in [9.17, 15) is 0 Å². The molecule has 3 aromatic rings. The lowest BCUT2D eigenvalue weighted by Crippen LogP contribution is -1.91. The number of rotatable bonds is 1. The van der Waals surface area contributed by atoms with Gasteiger partial charge in [-0.3, -0.25) is 4.98 Å². The lowest BCUT2D eigenvalue weighted by atomic mass is 10.2. The predicted molar refractivity (Wildman–Crippen MR) is 65.4 cm³/mol. The fourth-order valence-corrected chi connectivity index (χ4v) is 2.52. The number of thiophene rings is 1. The number of hydrogen-bond acceptors (Lipinski definition) is 4. The summed E-state index contributed by atoms with van der Waals surface area (Å²) in [5.74, 6) is 0.796. The Morgan fingerprint density at radius 2 is 2.12 bits per heavy atom. The molecule has 0 aromatic carbocycles. The fourth-order valence-electron chi connectivity index (χ4n) is 1.68. The van der Waals surface area contributed by atoms with Crippen LogP contribution in [0.15, 0.2) is 36.0 Å². The van der Waals surface area contributed by atoms with Gasteiger partial charge in [0.15, 0.2) is 0 Å². The predicted octanol–water partition coefficient (Wildman–Crippen LogP) is 3.06. The molecule has 0 radical (unpaired) electrons. The molecule has 3 heterocycles. The fraction of sp³-hybridized carbons (Fsp3) is 0.0833. The standard InChI is InChI=1S/C12H9N3S/c1-8-14-10-4-6-16-12(10)11(15-8)9-3-2-5-13-7-9/h2-7H,1H3. The minimum Gasteiger partial charge on any atom is -0.264 e. The molecule has 0 spiro atoms. The second kappa shape index (κ2) is 3.64. The van der Waals surface area contributed by atoms with Crippen LogP contribution >= 0.6 is 11.3 Å². The van der Waals surface area contributed by atoms with E-state index in [0.717, 1.165) is 27.3 Å². The van der Waals surface area contributed by atoms with Crippen LogP contribution in [0.4, 0.5) is 0 Å². The molecule has 0 aliphatic rings. The van der Waals surface area contributed by atoms with Gasteiger partial charge < -0.3 is 0 Å². The Morgan fingerprint density at radius 1 is 1.19 bits per heavy atom. The first-order valence-electron chi connectivity index (χ1n) is 4.97. The molecule has 3 nitrogen and oxygen atoms in total. The highest BCUT2D eigenvalue weighted by Gasteiger charge is 2.08. The first-order chi connectivity index (χ1) is 7.84. The summed E-state index contributed by atoms with van der Waals surface area (Å²) in [5.41, 5.74) is 3.03. The van der Waals surface area contributed by atoms with Crippen LogP contribution in [0.1, 0.15) is 5.82 Å². The van der Waals surface area contributed by atoms with E-state index < -0.39 is 0 Å². The molecular weight excluding hydrogens is 218 g/mol. The summed E-state index contributed by atoms with van der Waals surface area (Å²) in [6, 6.07) is 5.97. The number of hydrogen-bond donors (Lipinski definition) is 0. The van der Waals surface area contributed by atoms with Crippen molar-refractivity contribution in [3.63, 3.8) is 0 Å². The van der Waals surface area contributed by atoms with Gasteiger partial charge >= 0.3 is 0 Å². The van der Waals surface area contributed by atoms with Crippen molar-refractivity contribution in [2.24, 2.45) is 0 Å². The van der Waals surface area contributed by atoms with E-state index in [-0.39, 0.29) is 0 Å². The molecule has 0 saturated carbocycles. The minimum atomic E-state index is 0.796. The molecule has 4 heteroatoms. The Hall–Kier alpha value is -1.81. The van der Waals surface area contributed by atoms with Crippen LogP contribution in [0.2, 0.25) is 0 Å². The van der Waals surface area contributed by atoms with Crippen LogP contribution in [0.3, 0.4) is 0 Å². The normalized spacial score (nSPS) is 10.8. The smallest absolute Gasteiger partial charge is 0.126 e. The molecule has 0 aliphatic heterocycles. The largest absolute Gasteiger partial charge is 0.264 e. The van der Waals surface area contributed by atoms with E-state index in [2.05, 4.69) is 15.0 Å². The number of nitrogens with zero attached hydrogens (tertiary/aromatic N) is 3. The molecular formula is C12H9N3S. The maximum Gasteiger partial charge on any atom is 0.126 e. The zero-order valence-corrected chi connectivity index (χ0v) is 9.53. The Morgan fingerprint density at radius 3 is 2.94 bits per heavy atom. The highest BCUT2D eigenvalue weighted by atomic mass is 32.1. The van der Waals surface area contributed by atoms with E-state index >= 15 is 0 Å². The van der Waals surface area contributed by atoms with Crippen molar-refractivity contribution in [2.45, 2.75) is 6.92 Å². The molecule has 3 rings (SSSR count). The minimum absolute atomic E-state index is 0.796. The molecule has 16 heavy (non-hydrogen) atoms. The maximum atomic E-state index is 4.50. The van der Waals surface area contributed by atoms with Crippen LogP contribution in [-0.2, 0) is 0 Å². The Kier molecular flexibility index (Phi) is 2.15. The highest BCUT2D eigenvalue weighted by molar-refractivity contribution is 7.17. The number of pyridine rings is 1. The molecule has 0 amide bonds. The Balaban J connectivity index is 2.34. The van der Waals surface area contributed by atoms with Crippen LogP contribution in [0.5, 0.6) is 0 Å². The van der Waals surface area contributed by atoms with Gasteiger partial charge in [0.25, 0.3) is 0 Å². The third-order valence-electron chi connectivity index (χ3n) is 2.35. The van der Waals surface area contributed by atoms with Crippen LogP contribution in [-0.4, -0.2) is 15.0 Å². The van der Waals surface area contributed by atoms with E-state index in [0.29, 0.717) is 0 Å². The first kappa shape index (κ1) is 9.42. The molecule has 0 fully saturated rings. The van der Waals surface area contributed by atoms with Crippen molar-refractivity contribution in [1.29, 1.82) is 0 Å². The van der Waals surface area contributed by atoms with Gasteiger partial charge in [0.2, 0.25) is 0 Å². The Labute approximate surface area is 96.8 Å². The molecule has 0 unspecified atom stereocenters. The van der Waals surface area contributed by atoms with Crippen molar-refractivity contribution < 1.29 is 0 Å². The van der Waals surface area contributed by atoms with Gasteiger partial charge in [-0.2, -0.15) is 0 Å². The van der Waals surface area contributed by atoms with Gasteiger partial charge in [-0.05, 0) is 30.5 Å². The van der Waals surface area contributed by atoms with Crippen molar-refractivity contribution in [1.82, 2.24) is 15.0 Å². The number of fused-ring (bicyclic) bond motifs is 1. The molecule has 0 saturated heterocycles. The van der Waals surface area contributed by atoms with E-state index in [1.807, 2.05) is 36.7 Å². The summed E-state index contributed by atoms with van der Waals surface area (Å²) in [6.07, 6.45) is 3.60. The van der Waals surface area contributed by atoms with Gasteiger partial charge in [-0.1, -0.05) is 0 Å². The highest BCUT2D eigenvalue weighted by Crippen LogP contribution is 2.29. The molecule has 0 bridgehead atoms. The molecule has 78 valence electrons. The van der Waals surface area contributed by atoms with Gasteiger partial charge in [0.1, 0.15) is 5.82 Å². The molecule has 0 atom stereocenters. The maximum absolute atomic E-state index is 4.50. The molecule has 3 aromatic heterocycles. The number of aryl methyl sites for hydroxylation is 1. The average molecular weight is 227 g/mol. The number of aromatic nitrogens is 3. The lowest BCUT2D eigenvalue weighted by molar-refractivity contribution is 1.10. The monoisotopic (exact) mass is 227 g/mol. The summed E-state index contributed by atoms with van der Waals surface area (Å²) >= 11 is 1.66. The third kappa shape index (κ3) is 1.47. The first-order valence-corrected chi connectivity index (χ1v) is 5.85. The second-order valence-electron chi connectivity index (χ2n) is 3.50. The lowest BCUT2D eigenvalue weighted by Gasteiger charge is -2.02. The zero-order valence-electron chi connectivity index (χ0n) is 8.71. The van der Waals surface area contributed by atoms with Crippen LogP contribution in [0.25, 0.3) is 21.5 Å². The van der Waals surface area contributed by atoms with Gasteiger partial charge in [-0.25, -0.2) is 9.97 Å². The average Bonchev–Trinajstić information content (AvgIpc) is 2.77. The van der Waals surface area contributed by atoms with E-state index in [1.165, 1.54) is 0 Å². The van der Waals surface area contributed by atoms with Gasteiger partial charge in [0.05, 0.1) is 15.9 Å². The van der Waals surface area contributed by atoms with Gasteiger partial charge in [0, 0.05) is 18.0 Å². The zero-order chi connectivity index (χ0) is 11.0. The van der Waals surface area contributed by atoms with Crippen molar-refractivity contribution in [3.05, 3.63) is 41.8 Å². The van der Waals surface area contributed by atoms with Crippen molar-refractivity contribution >= 4 is 21.6 Å². The topological polar surface area (TPSA) is 38.7 Å². The van der Waals surface area contributed by atoms with Crippen LogP contribution in [0, 0.1) is 6.92 Å². The van der Waals surface area contributed by atoms with E-state index in [4.69, 9.17) is 0 Å². The Bertz CT molecular complexity index is 631. The summed E-state index contributed by atoms with van der Waals surface area (Å²) in [7, 11) is 0. The summed E-state index contributed by atoms with van der Waals surface area (Å²) in [4.78, 5) is 13.0. The third-order valence-corrected chi connectivity index (χ3v) is 3.26. The van der Waals surface area contributed by atoms with E-state index in [1.54, 1.807) is 17.5 Å². The quantitative estimate of drug-likeness (QED) is 0.641. The summed E-state index contributed by atoms with van der Waals surface area (Å²) in [6.45, 7) is 1.91. The molecule has 0 aliphatic carbocycles. The van der Waals surface area contributed by atoms with Crippen molar-refractivity contribution in [3.8, 4) is 11.3 Å². The van der Waals surface area contributed by atoms with Gasteiger partial charge in [-0.15, -0.1) is 11.3 Å². The van der Waals surface area contributed by atoms with Crippen molar-refractivity contribution in [2.75, 3.05) is 0 Å². The summed E-state index contributed by atoms with van der Waals surface area (Å²) < 4.78 is 1.12. The second-order valence-corrected chi connectivity index (χ2v) is 4.41. The summed E-state index contributed by atoms with van der Waals surface area (Å²) in [5, 5.41) is 2.04. The van der Waals surface area contributed by atoms with Crippen LogP contribution < -0.4 is 0 Å². The molecule has 0 N–H and O–H groups in total.